The molecular weight excluding hydrogens is 376 g/mol. The molecule has 0 aliphatic rings. The molecule has 0 unspecified atom stereocenters. The van der Waals surface area contributed by atoms with Crippen LogP contribution in [0.1, 0.15) is 30.9 Å². The summed E-state index contributed by atoms with van der Waals surface area (Å²) in [5, 5.41) is 5.38. The first-order valence-corrected chi connectivity index (χ1v) is 9.98. The smallest absolute Gasteiger partial charge is 0.313 e. The van der Waals surface area contributed by atoms with Gasteiger partial charge in [0.05, 0.1) is 6.10 Å². The van der Waals surface area contributed by atoms with Gasteiger partial charge in [0.15, 0.2) is 0 Å². The van der Waals surface area contributed by atoms with E-state index in [0.717, 1.165) is 11.1 Å². The topological polar surface area (TPSA) is 67.4 Å². The number of carbonyl (C=O) groups excluding carboxylic acids is 2. The highest BCUT2D eigenvalue weighted by atomic mass is 16.5. The molecule has 0 aliphatic heterocycles. The summed E-state index contributed by atoms with van der Waals surface area (Å²) in [4.78, 5) is 24.7. The minimum Gasteiger partial charge on any atom is -0.491 e. The van der Waals surface area contributed by atoms with Crippen LogP contribution in [0.5, 0.6) is 5.75 Å². The second-order valence-electron chi connectivity index (χ2n) is 7.23. The first-order chi connectivity index (χ1) is 14.5. The van der Waals surface area contributed by atoms with Gasteiger partial charge >= 0.3 is 11.8 Å². The van der Waals surface area contributed by atoms with Gasteiger partial charge < -0.3 is 15.4 Å². The van der Waals surface area contributed by atoms with Crippen molar-refractivity contribution < 1.29 is 14.3 Å². The Morgan fingerprint density at radius 3 is 1.80 bits per heavy atom. The van der Waals surface area contributed by atoms with E-state index >= 15 is 0 Å². The quantitative estimate of drug-likeness (QED) is 0.577. The Balaban J connectivity index is 1.61. The van der Waals surface area contributed by atoms with Gasteiger partial charge in [-0.2, -0.15) is 0 Å². The van der Waals surface area contributed by atoms with Gasteiger partial charge in [-0.3, -0.25) is 9.59 Å². The summed E-state index contributed by atoms with van der Waals surface area (Å²) >= 11 is 0. The largest absolute Gasteiger partial charge is 0.491 e. The van der Waals surface area contributed by atoms with Crippen LogP contribution in [-0.4, -0.2) is 24.5 Å². The Morgan fingerprint density at radius 1 is 0.767 bits per heavy atom. The monoisotopic (exact) mass is 402 g/mol. The van der Waals surface area contributed by atoms with Gasteiger partial charge in [-0.25, -0.2) is 0 Å². The molecule has 0 heterocycles. The average molecular weight is 402 g/mol. The minimum absolute atomic E-state index is 0.0448. The zero-order chi connectivity index (χ0) is 21.3. The molecule has 0 fully saturated rings. The third kappa shape index (κ3) is 5.95. The molecule has 5 nitrogen and oxygen atoms in total. The molecule has 2 amide bonds. The second-order valence-corrected chi connectivity index (χ2v) is 7.23. The molecule has 0 aromatic heterocycles. The summed E-state index contributed by atoms with van der Waals surface area (Å²) in [5.41, 5.74) is 2.68. The average Bonchev–Trinajstić information content (AvgIpc) is 2.76. The van der Waals surface area contributed by atoms with Crippen LogP contribution in [0.15, 0.2) is 84.9 Å². The predicted octanol–water partition coefficient (Wildman–Crippen LogP) is 4.36. The zero-order valence-electron chi connectivity index (χ0n) is 17.2. The third-order valence-electron chi connectivity index (χ3n) is 4.56. The molecule has 5 heteroatoms. The number of carbonyl (C=O) groups is 2. The van der Waals surface area contributed by atoms with Gasteiger partial charge in [-0.15, -0.1) is 0 Å². The fraction of sp³-hybridized carbons (Fsp3) is 0.200. The van der Waals surface area contributed by atoms with Crippen molar-refractivity contribution in [2.75, 3.05) is 11.9 Å². The maximum Gasteiger partial charge on any atom is 0.313 e. The highest BCUT2D eigenvalue weighted by Crippen LogP contribution is 2.23. The van der Waals surface area contributed by atoms with E-state index in [-0.39, 0.29) is 12.0 Å². The Morgan fingerprint density at radius 2 is 1.30 bits per heavy atom. The van der Waals surface area contributed by atoms with Crippen molar-refractivity contribution in [2.45, 2.75) is 25.9 Å². The summed E-state index contributed by atoms with van der Waals surface area (Å²) in [6.45, 7) is 4.21. The van der Waals surface area contributed by atoms with Crippen LogP contribution in [0.3, 0.4) is 0 Å². The van der Waals surface area contributed by atoms with Crippen molar-refractivity contribution in [3.05, 3.63) is 96.1 Å². The molecule has 0 spiro atoms. The predicted molar refractivity (Wildman–Crippen MR) is 119 cm³/mol. The van der Waals surface area contributed by atoms with Crippen molar-refractivity contribution in [1.82, 2.24) is 5.32 Å². The first-order valence-electron chi connectivity index (χ1n) is 9.98. The van der Waals surface area contributed by atoms with Gasteiger partial charge in [-0.1, -0.05) is 60.7 Å². The fourth-order valence-electron chi connectivity index (χ4n) is 3.15. The van der Waals surface area contributed by atoms with Crippen molar-refractivity contribution in [3.8, 4) is 5.75 Å². The Labute approximate surface area is 177 Å². The van der Waals surface area contributed by atoms with E-state index < -0.39 is 11.8 Å². The Hall–Kier alpha value is -3.60. The van der Waals surface area contributed by atoms with Crippen LogP contribution in [0.4, 0.5) is 5.69 Å². The number of anilines is 1. The number of hydrogen-bond donors (Lipinski definition) is 2. The van der Waals surface area contributed by atoms with Crippen molar-refractivity contribution in [3.63, 3.8) is 0 Å². The summed E-state index contributed by atoms with van der Waals surface area (Å²) < 4.78 is 5.58. The maximum absolute atomic E-state index is 12.4. The van der Waals surface area contributed by atoms with E-state index in [4.69, 9.17) is 4.74 Å². The lowest BCUT2D eigenvalue weighted by molar-refractivity contribution is -0.136. The number of ether oxygens (including phenoxy) is 1. The minimum atomic E-state index is -0.701. The molecule has 0 saturated carbocycles. The highest BCUT2D eigenvalue weighted by Gasteiger charge is 2.18. The van der Waals surface area contributed by atoms with E-state index in [0.29, 0.717) is 18.0 Å². The summed E-state index contributed by atoms with van der Waals surface area (Å²) in [6.07, 6.45) is 0.0680. The van der Waals surface area contributed by atoms with E-state index in [1.807, 2.05) is 74.5 Å². The molecule has 3 rings (SSSR count). The van der Waals surface area contributed by atoms with Crippen molar-refractivity contribution in [1.29, 1.82) is 0 Å². The van der Waals surface area contributed by atoms with Crippen LogP contribution in [0.25, 0.3) is 0 Å². The number of hydrogen-bond acceptors (Lipinski definition) is 3. The van der Waals surface area contributed by atoms with Gasteiger partial charge in [0.1, 0.15) is 5.75 Å². The lowest BCUT2D eigenvalue weighted by Gasteiger charge is -2.18. The molecule has 154 valence electrons. The lowest BCUT2D eigenvalue weighted by atomic mass is 9.91. The second kappa shape index (κ2) is 10.3. The standard InChI is InChI=1S/C25H26N2O3/c1-18(2)30-22-15-13-21(14-16-22)27-25(29)24(28)26-17-23(19-9-5-3-6-10-19)20-11-7-4-8-12-20/h3-16,18,23H,17H2,1-2H3,(H,26,28)(H,27,29). The van der Waals surface area contributed by atoms with Crippen LogP contribution in [0, 0.1) is 0 Å². The van der Waals surface area contributed by atoms with Crippen LogP contribution < -0.4 is 15.4 Å². The van der Waals surface area contributed by atoms with Gasteiger partial charge in [-0.05, 0) is 49.2 Å². The van der Waals surface area contributed by atoms with Gasteiger partial charge in [0, 0.05) is 18.2 Å². The molecule has 0 bridgehead atoms. The van der Waals surface area contributed by atoms with E-state index in [1.165, 1.54) is 0 Å². The van der Waals surface area contributed by atoms with E-state index in [2.05, 4.69) is 10.6 Å². The Bertz CT molecular complexity index is 915. The highest BCUT2D eigenvalue weighted by molar-refractivity contribution is 6.39. The molecule has 3 aromatic carbocycles. The number of rotatable bonds is 7. The normalized spacial score (nSPS) is 10.7. The molecule has 0 radical (unpaired) electrons. The van der Waals surface area contributed by atoms with Crippen molar-refractivity contribution in [2.24, 2.45) is 0 Å². The zero-order valence-corrected chi connectivity index (χ0v) is 17.2. The third-order valence-corrected chi connectivity index (χ3v) is 4.56. The molecule has 0 atom stereocenters. The summed E-state index contributed by atoms with van der Waals surface area (Å²) in [5.74, 6) is -0.709. The molecule has 0 saturated heterocycles. The summed E-state index contributed by atoms with van der Waals surface area (Å²) in [6, 6.07) is 26.8. The van der Waals surface area contributed by atoms with Crippen LogP contribution in [0.2, 0.25) is 0 Å². The maximum atomic E-state index is 12.4. The molecule has 2 N–H and O–H groups in total. The molecule has 3 aromatic rings. The first kappa shape index (κ1) is 21.1. The SMILES string of the molecule is CC(C)Oc1ccc(NC(=O)C(=O)NCC(c2ccccc2)c2ccccc2)cc1. The number of nitrogens with one attached hydrogen (secondary N) is 2. The summed E-state index contributed by atoms with van der Waals surface area (Å²) in [7, 11) is 0. The van der Waals surface area contributed by atoms with Crippen LogP contribution in [-0.2, 0) is 9.59 Å². The molecule has 0 aliphatic carbocycles. The fourth-order valence-corrected chi connectivity index (χ4v) is 3.15. The van der Waals surface area contributed by atoms with E-state index in [9.17, 15) is 9.59 Å². The van der Waals surface area contributed by atoms with Crippen molar-refractivity contribution >= 4 is 17.5 Å². The van der Waals surface area contributed by atoms with Crippen LogP contribution >= 0.6 is 0 Å². The van der Waals surface area contributed by atoms with Gasteiger partial charge in [0.25, 0.3) is 0 Å². The lowest BCUT2D eigenvalue weighted by Crippen LogP contribution is -2.37. The number of amides is 2. The van der Waals surface area contributed by atoms with E-state index in [1.54, 1.807) is 24.3 Å². The van der Waals surface area contributed by atoms with Gasteiger partial charge in [0.2, 0.25) is 0 Å². The molecular formula is C25H26N2O3. The molecule has 30 heavy (non-hydrogen) atoms. The number of benzene rings is 3. The Kier molecular flexibility index (Phi) is 7.22.